The quantitative estimate of drug-likeness (QED) is 0.787. The average molecular weight is 264 g/mol. The van der Waals surface area contributed by atoms with Gasteiger partial charge in [0.15, 0.2) is 0 Å². The molecule has 0 N–H and O–H groups in total. The van der Waals surface area contributed by atoms with Crippen molar-refractivity contribution in [3.8, 4) is 5.75 Å². The van der Waals surface area contributed by atoms with Gasteiger partial charge in [-0.25, -0.2) is 0 Å². The largest absolute Gasteiger partial charge is 0.496 e. The van der Waals surface area contributed by atoms with E-state index in [-0.39, 0.29) is 0 Å². The molecule has 1 saturated carbocycles. The van der Waals surface area contributed by atoms with Crippen molar-refractivity contribution in [2.75, 3.05) is 12.9 Å². The molecule has 0 atom stereocenters. The van der Waals surface area contributed by atoms with Crippen molar-refractivity contribution in [3.63, 3.8) is 0 Å². The molecule has 1 aliphatic rings. The van der Waals surface area contributed by atoms with Crippen LogP contribution in [-0.4, -0.2) is 23.9 Å². The molecule has 0 aromatic heterocycles. The number of carbonyl (C=O) groups excluding carboxylic acids is 1. The van der Waals surface area contributed by atoms with Crippen LogP contribution in [0.2, 0.25) is 0 Å². The van der Waals surface area contributed by atoms with Crippen LogP contribution in [0.15, 0.2) is 24.3 Å². The predicted octanol–water partition coefficient (Wildman–Crippen LogP) is 3.48. The lowest BCUT2D eigenvalue weighted by atomic mass is 10.1. The van der Waals surface area contributed by atoms with Crippen LogP contribution in [-0.2, 0) is 11.2 Å². The normalized spacial score (nSPS) is 15.8. The van der Waals surface area contributed by atoms with Gasteiger partial charge >= 0.3 is 0 Å². The van der Waals surface area contributed by atoms with E-state index in [1.165, 1.54) is 25.7 Å². The first-order chi connectivity index (χ1) is 8.79. The van der Waals surface area contributed by atoms with Gasteiger partial charge < -0.3 is 4.74 Å². The Morgan fingerprint density at radius 1 is 1.33 bits per heavy atom. The number of Topliss-reactive ketones (excluding diaryl/α,β-unsaturated/α-hetero) is 1. The summed E-state index contributed by atoms with van der Waals surface area (Å²) in [5.74, 6) is 1.76. The molecule has 1 aliphatic carbocycles. The molecule has 0 amide bonds. The summed E-state index contributed by atoms with van der Waals surface area (Å²) in [7, 11) is 1.65. The minimum absolute atomic E-state index is 0.302. The maximum absolute atomic E-state index is 12.0. The lowest BCUT2D eigenvalue weighted by molar-refractivity contribution is -0.116. The van der Waals surface area contributed by atoms with Crippen LogP contribution in [0.5, 0.6) is 5.75 Å². The van der Waals surface area contributed by atoms with Crippen LogP contribution in [0.1, 0.15) is 31.2 Å². The molecule has 2 rings (SSSR count). The van der Waals surface area contributed by atoms with Gasteiger partial charge in [-0.05, 0) is 18.9 Å². The van der Waals surface area contributed by atoms with Crippen LogP contribution in [0, 0.1) is 0 Å². The number of ketones is 1. The fraction of sp³-hybridized carbons (Fsp3) is 0.533. The van der Waals surface area contributed by atoms with Crippen LogP contribution in [0.3, 0.4) is 0 Å². The summed E-state index contributed by atoms with van der Waals surface area (Å²) in [6, 6.07) is 7.76. The van der Waals surface area contributed by atoms with Gasteiger partial charge in [0.25, 0.3) is 0 Å². The van der Waals surface area contributed by atoms with Crippen molar-refractivity contribution < 1.29 is 9.53 Å². The summed E-state index contributed by atoms with van der Waals surface area (Å²) < 4.78 is 5.27. The SMILES string of the molecule is COc1ccccc1CC(=O)CSC1CCCC1. The Labute approximate surface area is 113 Å². The Hall–Kier alpha value is -0.960. The molecule has 18 heavy (non-hydrogen) atoms. The number of hydrogen-bond acceptors (Lipinski definition) is 3. The van der Waals surface area contributed by atoms with Gasteiger partial charge in [0.1, 0.15) is 11.5 Å². The van der Waals surface area contributed by atoms with Crippen molar-refractivity contribution >= 4 is 17.5 Å². The Morgan fingerprint density at radius 2 is 2.06 bits per heavy atom. The second-order valence-electron chi connectivity index (χ2n) is 4.74. The standard InChI is InChI=1S/C15H20O2S/c1-17-15-9-5-2-6-12(15)10-13(16)11-18-14-7-3-4-8-14/h2,5-6,9,14H,3-4,7-8,10-11H2,1H3. The van der Waals surface area contributed by atoms with Crippen LogP contribution < -0.4 is 4.74 Å². The number of methoxy groups -OCH3 is 1. The van der Waals surface area contributed by atoms with E-state index in [9.17, 15) is 4.79 Å². The molecule has 2 nitrogen and oxygen atoms in total. The minimum Gasteiger partial charge on any atom is -0.496 e. The number of para-hydroxylation sites is 1. The summed E-state index contributed by atoms with van der Waals surface area (Å²) in [5.41, 5.74) is 0.997. The van der Waals surface area contributed by atoms with Crippen LogP contribution >= 0.6 is 11.8 Å². The number of ether oxygens (including phenoxy) is 1. The van der Waals surface area contributed by atoms with E-state index in [2.05, 4.69) is 0 Å². The molecular formula is C15H20O2S. The van der Waals surface area contributed by atoms with E-state index >= 15 is 0 Å². The summed E-state index contributed by atoms with van der Waals surface area (Å²) >= 11 is 1.83. The van der Waals surface area contributed by atoms with Crippen molar-refractivity contribution in [1.82, 2.24) is 0 Å². The first kappa shape index (κ1) is 13.5. The highest BCUT2D eigenvalue weighted by Gasteiger charge is 2.17. The zero-order valence-corrected chi connectivity index (χ0v) is 11.7. The lowest BCUT2D eigenvalue weighted by Gasteiger charge is -2.09. The smallest absolute Gasteiger partial charge is 0.147 e. The maximum Gasteiger partial charge on any atom is 0.147 e. The molecule has 1 aromatic carbocycles. The second-order valence-corrected chi connectivity index (χ2v) is 6.03. The summed E-state index contributed by atoms with van der Waals surface area (Å²) in [4.78, 5) is 12.0. The summed E-state index contributed by atoms with van der Waals surface area (Å²) in [6.45, 7) is 0. The summed E-state index contributed by atoms with van der Waals surface area (Å²) in [6.07, 6.45) is 5.72. The second kappa shape index (κ2) is 6.83. The van der Waals surface area contributed by atoms with Crippen molar-refractivity contribution in [1.29, 1.82) is 0 Å². The fourth-order valence-corrected chi connectivity index (χ4v) is 3.57. The minimum atomic E-state index is 0.302. The third-order valence-corrected chi connectivity index (χ3v) is 4.79. The molecule has 3 heteroatoms. The molecule has 1 fully saturated rings. The van der Waals surface area contributed by atoms with Crippen LogP contribution in [0.4, 0.5) is 0 Å². The molecule has 98 valence electrons. The number of thioether (sulfide) groups is 1. The number of carbonyl (C=O) groups is 1. The van der Waals surface area contributed by atoms with E-state index in [1.54, 1.807) is 7.11 Å². The van der Waals surface area contributed by atoms with Gasteiger partial charge in [-0.2, -0.15) is 11.8 Å². The fourth-order valence-electron chi connectivity index (χ4n) is 2.38. The highest BCUT2D eigenvalue weighted by atomic mass is 32.2. The monoisotopic (exact) mass is 264 g/mol. The Morgan fingerprint density at radius 3 is 2.78 bits per heavy atom. The van der Waals surface area contributed by atoms with Gasteiger partial charge in [0, 0.05) is 17.2 Å². The molecule has 0 bridgehead atoms. The molecule has 0 radical (unpaired) electrons. The van der Waals surface area contributed by atoms with Gasteiger partial charge in [0.2, 0.25) is 0 Å². The first-order valence-corrected chi connectivity index (χ1v) is 7.59. The highest BCUT2D eigenvalue weighted by molar-refractivity contribution is 8.00. The first-order valence-electron chi connectivity index (χ1n) is 6.55. The van der Waals surface area contributed by atoms with E-state index < -0.39 is 0 Å². The zero-order valence-electron chi connectivity index (χ0n) is 10.9. The average Bonchev–Trinajstić information content (AvgIpc) is 2.90. The van der Waals surface area contributed by atoms with Crippen molar-refractivity contribution in [3.05, 3.63) is 29.8 Å². The van der Waals surface area contributed by atoms with E-state index in [1.807, 2.05) is 36.0 Å². The van der Waals surface area contributed by atoms with E-state index in [4.69, 9.17) is 4.74 Å². The molecule has 0 saturated heterocycles. The summed E-state index contributed by atoms with van der Waals surface area (Å²) in [5, 5.41) is 0.714. The van der Waals surface area contributed by atoms with Gasteiger partial charge in [-0.3, -0.25) is 4.79 Å². The molecule has 1 aromatic rings. The number of benzene rings is 1. The highest BCUT2D eigenvalue weighted by Crippen LogP contribution is 2.29. The molecule has 0 spiro atoms. The van der Waals surface area contributed by atoms with Crippen LogP contribution in [0.25, 0.3) is 0 Å². The zero-order chi connectivity index (χ0) is 12.8. The Balaban J connectivity index is 1.82. The van der Waals surface area contributed by atoms with Crippen molar-refractivity contribution in [2.45, 2.75) is 37.4 Å². The molecule has 0 aliphatic heterocycles. The Kier molecular flexibility index (Phi) is 5.12. The number of hydrogen-bond donors (Lipinski definition) is 0. The molecule has 0 heterocycles. The molecule has 0 unspecified atom stereocenters. The maximum atomic E-state index is 12.0. The topological polar surface area (TPSA) is 26.3 Å². The van der Waals surface area contributed by atoms with Gasteiger partial charge in [0.05, 0.1) is 12.9 Å². The Bertz CT molecular complexity index is 397. The van der Waals surface area contributed by atoms with E-state index in [0.29, 0.717) is 23.2 Å². The van der Waals surface area contributed by atoms with Crippen molar-refractivity contribution in [2.24, 2.45) is 0 Å². The predicted molar refractivity (Wildman–Crippen MR) is 76.4 cm³/mol. The lowest BCUT2D eigenvalue weighted by Crippen LogP contribution is -2.09. The number of rotatable bonds is 6. The van der Waals surface area contributed by atoms with Gasteiger partial charge in [-0.1, -0.05) is 31.0 Å². The molecular weight excluding hydrogens is 244 g/mol. The van der Waals surface area contributed by atoms with Gasteiger partial charge in [-0.15, -0.1) is 0 Å². The third kappa shape index (κ3) is 3.77. The van der Waals surface area contributed by atoms with E-state index in [0.717, 1.165) is 11.3 Å². The third-order valence-electron chi connectivity index (χ3n) is 3.36.